The number of anilines is 2. The average molecular weight is 487 g/mol. The van der Waals surface area contributed by atoms with E-state index < -0.39 is 9.84 Å². The average Bonchev–Trinajstić information content (AvgIpc) is 3.26. The van der Waals surface area contributed by atoms with Crippen LogP contribution in [0.4, 0.5) is 10.7 Å². The molecular weight excluding hydrogens is 460 g/mol. The number of ether oxygens (including phenoxy) is 2. The van der Waals surface area contributed by atoms with Crippen LogP contribution in [-0.2, 0) is 14.6 Å². The van der Waals surface area contributed by atoms with E-state index in [0.29, 0.717) is 29.5 Å². The number of hydrogen-bond acceptors (Lipinski definition) is 7. The van der Waals surface area contributed by atoms with E-state index in [1.54, 1.807) is 24.3 Å². The second-order valence-electron chi connectivity index (χ2n) is 7.76. The molecule has 0 spiro atoms. The van der Waals surface area contributed by atoms with Crippen LogP contribution in [0.3, 0.4) is 0 Å². The molecule has 1 saturated heterocycles. The van der Waals surface area contributed by atoms with E-state index in [2.05, 4.69) is 10.2 Å². The van der Waals surface area contributed by atoms with Gasteiger partial charge in [0, 0.05) is 36.7 Å². The van der Waals surface area contributed by atoms with Gasteiger partial charge in [0.15, 0.2) is 9.84 Å². The van der Waals surface area contributed by atoms with Crippen molar-refractivity contribution in [2.75, 3.05) is 55.1 Å². The third-order valence-electron chi connectivity index (χ3n) is 5.13. The van der Waals surface area contributed by atoms with E-state index in [9.17, 15) is 13.2 Å². The first-order chi connectivity index (χ1) is 15.9. The van der Waals surface area contributed by atoms with Gasteiger partial charge in [-0.25, -0.2) is 8.42 Å². The standard InChI is InChI=1S/C24H26N2O5S2/c1-33(28,29)15-14-31-20-9-5-8-19(16-20)25-23(27)22-17-21(18-6-3-2-4-7-18)24(32-22)26-10-12-30-13-11-26/h2-9,16-17H,10-15H2,1H3,(H,25,27). The third kappa shape index (κ3) is 6.34. The summed E-state index contributed by atoms with van der Waals surface area (Å²) in [5.41, 5.74) is 2.68. The van der Waals surface area contributed by atoms with Gasteiger partial charge in [0.05, 0.1) is 28.8 Å². The topological polar surface area (TPSA) is 84.9 Å². The summed E-state index contributed by atoms with van der Waals surface area (Å²) < 4.78 is 33.6. The van der Waals surface area contributed by atoms with Crippen molar-refractivity contribution in [1.29, 1.82) is 0 Å². The molecule has 3 aromatic rings. The first-order valence-electron chi connectivity index (χ1n) is 10.6. The molecule has 1 aliphatic heterocycles. The van der Waals surface area contributed by atoms with Crippen LogP contribution in [-0.4, -0.2) is 59.2 Å². The summed E-state index contributed by atoms with van der Waals surface area (Å²) >= 11 is 1.47. The van der Waals surface area contributed by atoms with E-state index in [-0.39, 0.29) is 18.3 Å². The fraction of sp³-hybridized carbons (Fsp3) is 0.292. The highest BCUT2D eigenvalue weighted by Crippen LogP contribution is 2.39. The smallest absolute Gasteiger partial charge is 0.265 e. The van der Waals surface area contributed by atoms with Gasteiger partial charge in [-0.3, -0.25) is 4.79 Å². The number of thiophene rings is 1. The fourth-order valence-electron chi connectivity index (χ4n) is 3.49. The number of carbonyl (C=O) groups is 1. The van der Waals surface area contributed by atoms with E-state index in [1.165, 1.54) is 17.6 Å². The van der Waals surface area contributed by atoms with Gasteiger partial charge in [0.1, 0.15) is 12.4 Å². The van der Waals surface area contributed by atoms with Crippen molar-refractivity contribution in [2.45, 2.75) is 0 Å². The lowest BCUT2D eigenvalue weighted by atomic mass is 10.1. The molecule has 33 heavy (non-hydrogen) atoms. The number of rotatable bonds is 8. The third-order valence-corrected chi connectivity index (χ3v) is 7.24. The predicted octanol–water partition coefficient (Wildman–Crippen LogP) is 3.93. The summed E-state index contributed by atoms with van der Waals surface area (Å²) in [5, 5.41) is 3.99. The zero-order valence-electron chi connectivity index (χ0n) is 18.3. The molecule has 1 amide bonds. The molecule has 174 valence electrons. The van der Waals surface area contributed by atoms with E-state index in [1.807, 2.05) is 36.4 Å². The maximum absolute atomic E-state index is 13.1. The highest BCUT2D eigenvalue weighted by atomic mass is 32.2. The van der Waals surface area contributed by atoms with Crippen LogP contribution in [0.5, 0.6) is 5.75 Å². The minimum Gasteiger partial charge on any atom is -0.492 e. The Morgan fingerprint density at radius 1 is 1.09 bits per heavy atom. The minimum absolute atomic E-state index is 0.0600. The Hall–Kier alpha value is -2.88. The maximum Gasteiger partial charge on any atom is 0.265 e. The van der Waals surface area contributed by atoms with Gasteiger partial charge in [0.2, 0.25) is 0 Å². The number of nitrogens with one attached hydrogen (secondary N) is 1. The number of nitrogens with zero attached hydrogens (tertiary/aromatic N) is 1. The first kappa shape index (κ1) is 23.3. The number of hydrogen-bond donors (Lipinski definition) is 1. The normalized spacial score (nSPS) is 14.2. The lowest BCUT2D eigenvalue weighted by Gasteiger charge is -2.28. The Morgan fingerprint density at radius 3 is 2.58 bits per heavy atom. The van der Waals surface area contributed by atoms with Crippen LogP contribution in [0.1, 0.15) is 9.67 Å². The highest BCUT2D eigenvalue weighted by molar-refractivity contribution is 7.90. The summed E-state index contributed by atoms with van der Waals surface area (Å²) in [6, 6.07) is 18.9. The summed E-state index contributed by atoms with van der Waals surface area (Å²) in [4.78, 5) is 16.0. The van der Waals surface area contributed by atoms with Crippen LogP contribution in [0.25, 0.3) is 11.1 Å². The van der Waals surface area contributed by atoms with E-state index >= 15 is 0 Å². The fourth-order valence-corrected chi connectivity index (χ4v) is 5.00. The number of sulfone groups is 1. The van der Waals surface area contributed by atoms with Crippen molar-refractivity contribution >= 4 is 37.8 Å². The number of morpholine rings is 1. The Balaban J connectivity index is 1.52. The Bertz CT molecular complexity index is 1200. The second kappa shape index (κ2) is 10.4. The maximum atomic E-state index is 13.1. The molecule has 9 heteroatoms. The lowest BCUT2D eigenvalue weighted by Crippen LogP contribution is -2.35. The second-order valence-corrected chi connectivity index (χ2v) is 11.0. The SMILES string of the molecule is CS(=O)(=O)CCOc1cccc(NC(=O)c2cc(-c3ccccc3)c(N3CCOCC3)s2)c1. The molecule has 1 aromatic heterocycles. The van der Waals surface area contributed by atoms with Gasteiger partial charge >= 0.3 is 0 Å². The molecule has 1 aliphatic rings. The zero-order chi connectivity index (χ0) is 23.3. The van der Waals surface area contributed by atoms with E-state index in [0.717, 1.165) is 29.2 Å². The molecule has 4 rings (SSSR count). The molecule has 0 bridgehead atoms. The largest absolute Gasteiger partial charge is 0.492 e. The molecule has 2 aromatic carbocycles. The summed E-state index contributed by atoms with van der Waals surface area (Å²) in [6.45, 7) is 2.96. The molecule has 7 nitrogen and oxygen atoms in total. The van der Waals surface area contributed by atoms with Crippen LogP contribution in [0.2, 0.25) is 0 Å². The Morgan fingerprint density at radius 2 is 1.85 bits per heavy atom. The molecule has 2 heterocycles. The number of amides is 1. The van der Waals surface area contributed by atoms with Crippen molar-refractivity contribution in [1.82, 2.24) is 0 Å². The van der Waals surface area contributed by atoms with Crippen molar-refractivity contribution in [2.24, 2.45) is 0 Å². The van der Waals surface area contributed by atoms with Crippen molar-refractivity contribution < 1.29 is 22.7 Å². The molecule has 0 unspecified atom stereocenters. The summed E-state index contributed by atoms with van der Waals surface area (Å²) in [7, 11) is -3.10. The van der Waals surface area contributed by atoms with Gasteiger partial charge < -0.3 is 19.7 Å². The van der Waals surface area contributed by atoms with Crippen molar-refractivity contribution in [3.63, 3.8) is 0 Å². The first-order valence-corrected chi connectivity index (χ1v) is 13.5. The van der Waals surface area contributed by atoms with Gasteiger partial charge in [-0.1, -0.05) is 36.4 Å². The molecular formula is C24H26N2O5S2. The van der Waals surface area contributed by atoms with Gasteiger partial charge in [-0.15, -0.1) is 11.3 Å². The molecule has 0 atom stereocenters. The van der Waals surface area contributed by atoms with E-state index in [4.69, 9.17) is 9.47 Å². The van der Waals surface area contributed by atoms with Crippen LogP contribution in [0, 0.1) is 0 Å². The highest BCUT2D eigenvalue weighted by Gasteiger charge is 2.22. The van der Waals surface area contributed by atoms with Crippen LogP contribution in [0.15, 0.2) is 60.7 Å². The monoisotopic (exact) mass is 486 g/mol. The van der Waals surface area contributed by atoms with Gasteiger partial charge in [0.25, 0.3) is 5.91 Å². The molecule has 0 saturated carbocycles. The van der Waals surface area contributed by atoms with Crippen molar-refractivity contribution in [3.05, 3.63) is 65.5 Å². The van der Waals surface area contributed by atoms with Gasteiger partial charge in [-0.2, -0.15) is 0 Å². The zero-order valence-corrected chi connectivity index (χ0v) is 20.0. The quantitative estimate of drug-likeness (QED) is 0.519. The lowest BCUT2D eigenvalue weighted by molar-refractivity contribution is 0.103. The molecule has 0 radical (unpaired) electrons. The summed E-state index contributed by atoms with van der Waals surface area (Å²) in [6.07, 6.45) is 1.17. The molecule has 0 aliphatic carbocycles. The minimum atomic E-state index is -3.10. The Labute approximate surface area is 197 Å². The number of carbonyl (C=O) groups excluding carboxylic acids is 1. The van der Waals surface area contributed by atoms with Crippen molar-refractivity contribution in [3.8, 4) is 16.9 Å². The van der Waals surface area contributed by atoms with Crippen LogP contribution < -0.4 is 15.0 Å². The Kier molecular flexibility index (Phi) is 7.32. The molecule has 1 N–H and O–H groups in total. The summed E-state index contributed by atoms with van der Waals surface area (Å²) in [5.74, 6) is 0.234. The predicted molar refractivity (Wildman–Crippen MR) is 132 cm³/mol. The van der Waals surface area contributed by atoms with Crippen LogP contribution >= 0.6 is 11.3 Å². The molecule has 1 fully saturated rings. The number of benzene rings is 2. The van der Waals surface area contributed by atoms with Gasteiger partial charge in [-0.05, 0) is 23.8 Å².